The second kappa shape index (κ2) is 9.13. The third-order valence-corrected chi connectivity index (χ3v) is 6.14. The number of aliphatic hydroxyl groups excluding tert-OH is 1. The van der Waals surface area contributed by atoms with Crippen molar-refractivity contribution in [2.24, 2.45) is 5.14 Å². The number of nitrogens with zero attached hydrogens (tertiary/aromatic N) is 2. The first-order chi connectivity index (χ1) is 13.8. The van der Waals surface area contributed by atoms with Gasteiger partial charge in [0.15, 0.2) is 16.7 Å². The maximum atomic E-state index is 14.5. The molecule has 1 unspecified atom stereocenters. The topological polar surface area (TPSA) is 98.3 Å². The van der Waals surface area contributed by atoms with Crippen molar-refractivity contribution in [1.29, 1.82) is 0 Å². The van der Waals surface area contributed by atoms with Gasteiger partial charge in [-0.05, 0) is 44.4 Å². The third kappa shape index (κ3) is 5.45. The first-order valence-electron chi connectivity index (χ1n) is 8.62. The zero-order chi connectivity index (χ0) is 22.7. The summed E-state index contributed by atoms with van der Waals surface area (Å²) in [4.78, 5) is 8.18. The van der Waals surface area contributed by atoms with Gasteiger partial charge in [-0.25, -0.2) is 13.6 Å². The van der Waals surface area contributed by atoms with Gasteiger partial charge >= 0.3 is 6.36 Å². The van der Waals surface area contributed by atoms with Crippen LogP contribution in [0.5, 0.6) is 5.75 Å². The summed E-state index contributed by atoms with van der Waals surface area (Å²) in [5.74, 6) is -2.30. The van der Waals surface area contributed by atoms with Gasteiger partial charge in [-0.3, -0.25) is 10.1 Å². The Kier molecular flexibility index (Phi) is 7.44. The Morgan fingerprint density at radius 3 is 2.37 bits per heavy atom. The van der Waals surface area contributed by atoms with E-state index in [0.717, 1.165) is 12.1 Å². The van der Waals surface area contributed by atoms with Crippen LogP contribution in [0.2, 0.25) is 5.15 Å². The smallest absolute Gasteiger partial charge is 0.403 e. The average molecular weight is 470 g/mol. The van der Waals surface area contributed by atoms with Crippen molar-refractivity contribution in [2.45, 2.75) is 43.2 Å². The van der Waals surface area contributed by atoms with Gasteiger partial charge in [-0.15, -0.1) is 13.2 Å². The number of benzene rings is 1. The van der Waals surface area contributed by atoms with Crippen LogP contribution in [0.4, 0.5) is 17.6 Å². The molecule has 1 heterocycles. The third-order valence-electron chi connectivity index (χ3n) is 4.63. The molecular formula is C18H20ClF4N3O3S. The zero-order valence-corrected chi connectivity index (χ0v) is 17.6. The van der Waals surface area contributed by atoms with Crippen LogP contribution < -0.4 is 9.88 Å². The minimum absolute atomic E-state index is 0.0268. The molecular weight excluding hydrogens is 450 g/mol. The number of aliphatic hydroxyl groups is 1. The minimum Gasteiger partial charge on any atom is -0.403 e. The van der Waals surface area contributed by atoms with Gasteiger partial charge < -0.3 is 9.84 Å². The van der Waals surface area contributed by atoms with Gasteiger partial charge in [-0.1, -0.05) is 17.7 Å². The summed E-state index contributed by atoms with van der Waals surface area (Å²) in [6.45, 7) is 2.77. The molecule has 1 aromatic carbocycles. The van der Waals surface area contributed by atoms with Crippen LogP contribution in [-0.2, 0) is 16.4 Å². The molecule has 0 spiro atoms. The van der Waals surface area contributed by atoms with E-state index in [9.17, 15) is 26.9 Å². The molecule has 0 aliphatic heterocycles. The Morgan fingerprint density at radius 2 is 1.87 bits per heavy atom. The highest BCUT2D eigenvalue weighted by Gasteiger charge is 2.44. The number of aromatic nitrogens is 2. The number of halogens is 5. The highest BCUT2D eigenvalue weighted by molar-refractivity contribution is 7.84. The number of hydrogen-bond donors (Lipinski definition) is 2. The molecule has 1 aromatic heterocycles. The van der Waals surface area contributed by atoms with E-state index in [4.69, 9.17) is 16.7 Å². The second-order valence-corrected chi connectivity index (χ2v) is 9.24. The maximum absolute atomic E-state index is 14.5. The van der Waals surface area contributed by atoms with E-state index in [1.54, 1.807) is 13.8 Å². The molecule has 0 saturated carbocycles. The largest absolute Gasteiger partial charge is 0.573 e. The predicted octanol–water partition coefficient (Wildman–Crippen LogP) is 3.63. The quantitative estimate of drug-likeness (QED) is 0.575. The van der Waals surface area contributed by atoms with Crippen molar-refractivity contribution < 1.29 is 31.6 Å². The highest BCUT2D eigenvalue weighted by Crippen LogP contribution is 2.45. The van der Waals surface area contributed by atoms with E-state index in [1.807, 2.05) is 0 Å². The lowest BCUT2D eigenvalue weighted by Gasteiger charge is -2.39. The summed E-state index contributed by atoms with van der Waals surface area (Å²) in [6, 6.07) is 2.87. The van der Waals surface area contributed by atoms with E-state index < -0.39 is 45.7 Å². The van der Waals surface area contributed by atoms with Crippen molar-refractivity contribution >= 4 is 22.6 Å². The number of rotatable bonds is 8. The minimum atomic E-state index is -5.07. The average Bonchev–Trinajstić information content (AvgIpc) is 2.62. The summed E-state index contributed by atoms with van der Waals surface area (Å²) in [6.07, 6.45) is -2.51. The van der Waals surface area contributed by atoms with E-state index in [1.165, 1.54) is 18.5 Å². The van der Waals surface area contributed by atoms with Gasteiger partial charge in [0.1, 0.15) is 0 Å². The lowest BCUT2D eigenvalue weighted by molar-refractivity contribution is -0.275. The van der Waals surface area contributed by atoms with Crippen LogP contribution in [0.25, 0.3) is 0 Å². The summed E-state index contributed by atoms with van der Waals surface area (Å²) in [7, 11) is -1.84. The van der Waals surface area contributed by atoms with Gasteiger partial charge in [0.25, 0.3) is 0 Å². The van der Waals surface area contributed by atoms with E-state index >= 15 is 0 Å². The van der Waals surface area contributed by atoms with Crippen molar-refractivity contribution in [3.63, 3.8) is 0 Å². The molecule has 6 nitrogen and oxygen atoms in total. The Balaban J connectivity index is 2.73. The van der Waals surface area contributed by atoms with Crippen LogP contribution in [0, 0.1) is 5.82 Å². The van der Waals surface area contributed by atoms with E-state index in [-0.39, 0.29) is 29.3 Å². The fourth-order valence-electron chi connectivity index (χ4n) is 3.31. The molecule has 0 amide bonds. The summed E-state index contributed by atoms with van der Waals surface area (Å²) in [5, 5.41) is 15.3. The maximum Gasteiger partial charge on any atom is 0.573 e. The van der Waals surface area contributed by atoms with Crippen molar-refractivity contribution in [3.8, 4) is 5.75 Å². The molecule has 0 aliphatic rings. The second-order valence-electron chi connectivity index (χ2n) is 7.18. The van der Waals surface area contributed by atoms with Gasteiger partial charge in [0, 0.05) is 24.4 Å². The standard InChI is InChI=1S/C18H20ClF4N3O3S/c1-16(2,30(24)28)10-17(5-8-27,14-15(19)26-7-6-25-14)11-3-4-13(12(20)9-11)29-18(21,22)23/h3-4,6-7,9,27H,5,8,10,24H2,1-2H3/t17-,30?/m0/s1. The fourth-order valence-corrected chi connectivity index (χ4v) is 3.99. The number of alkyl halides is 3. The van der Waals surface area contributed by atoms with Gasteiger partial charge in [0.2, 0.25) is 0 Å². The predicted molar refractivity (Wildman–Crippen MR) is 104 cm³/mol. The van der Waals surface area contributed by atoms with Crippen LogP contribution >= 0.6 is 11.6 Å². The first kappa shape index (κ1) is 24.4. The molecule has 0 saturated heterocycles. The molecule has 12 heteroatoms. The number of ether oxygens (including phenoxy) is 1. The van der Waals surface area contributed by atoms with Gasteiger partial charge in [-0.2, -0.15) is 0 Å². The Labute approximate surface area is 178 Å². The van der Waals surface area contributed by atoms with Crippen LogP contribution in [0.1, 0.15) is 37.9 Å². The van der Waals surface area contributed by atoms with E-state index in [2.05, 4.69) is 14.7 Å². The molecule has 166 valence electrons. The van der Waals surface area contributed by atoms with Crippen molar-refractivity contribution in [1.82, 2.24) is 9.97 Å². The molecule has 0 fully saturated rings. The molecule has 0 bridgehead atoms. The highest BCUT2D eigenvalue weighted by atomic mass is 35.5. The molecule has 2 atom stereocenters. The number of hydrogen-bond acceptors (Lipinski definition) is 5. The monoisotopic (exact) mass is 469 g/mol. The molecule has 0 radical (unpaired) electrons. The SMILES string of the molecule is CC(C)(C[C@@](CCO)(c1ccc(OC(F)(F)F)c(F)c1)c1nccnc1Cl)S(N)=O. The van der Waals surface area contributed by atoms with Crippen molar-refractivity contribution in [2.75, 3.05) is 6.61 Å². The van der Waals surface area contributed by atoms with E-state index in [0.29, 0.717) is 0 Å². The lowest BCUT2D eigenvalue weighted by Crippen LogP contribution is -2.43. The molecule has 2 aromatic rings. The summed E-state index contributed by atoms with van der Waals surface area (Å²) >= 11 is 6.23. The molecule has 2 rings (SSSR count). The number of nitrogens with two attached hydrogens (primary N) is 1. The Hall–Kier alpha value is -1.82. The van der Waals surface area contributed by atoms with Crippen molar-refractivity contribution in [3.05, 3.63) is 52.8 Å². The summed E-state index contributed by atoms with van der Waals surface area (Å²) in [5.41, 5.74) is -1.07. The Bertz CT molecular complexity index is 930. The van der Waals surface area contributed by atoms with Gasteiger partial charge in [0.05, 0.1) is 21.4 Å². The Morgan fingerprint density at radius 1 is 1.23 bits per heavy atom. The first-order valence-corrected chi connectivity index (χ1v) is 10.2. The zero-order valence-electron chi connectivity index (χ0n) is 16.0. The van der Waals surface area contributed by atoms with Crippen LogP contribution in [0.15, 0.2) is 30.6 Å². The fraction of sp³-hybridized carbons (Fsp3) is 0.444. The normalized spacial score (nSPS) is 15.5. The van der Waals surface area contributed by atoms with Crippen LogP contribution in [0.3, 0.4) is 0 Å². The van der Waals surface area contributed by atoms with Crippen LogP contribution in [-0.4, -0.2) is 37.0 Å². The summed E-state index contributed by atoms with van der Waals surface area (Å²) < 4.78 is 66.7. The lowest BCUT2D eigenvalue weighted by atomic mass is 9.69. The molecule has 3 N–H and O–H groups in total. The molecule has 30 heavy (non-hydrogen) atoms. The molecule has 0 aliphatic carbocycles.